The first-order valence-electron chi connectivity index (χ1n) is 6.94. The molecule has 0 aromatic carbocycles. The summed E-state index contributed by atoms with van der Waals surface area (Å²) in [6, 6.07) is 7.49. The summed E-state index contributed by atoms with van der Waals surface area (Å²) < 4.78 is 37.2. The highest BCUT2D eigenvalue weighted by Crippen LogP contribution is 2.24. The fraction of sp³-hybridized carbons (Fsp3) is 0.357. The van der Waals surface area contributed by atoms with E-state index in [4.69, 9.17) is 0 Å². The fourth-order valence-corrected chi connectivity index (χ4v) is 3.06. The van der Waals surface area contributed by atoms with Crippen molar-refractivity contribution in [1.29, 1.82) is 0 Å². The maximum absolute atomic E-state index is 12.4. The first kappa shape index (κ1) is 15.7. The standard InChI is InChI=1S/C14H13F3N4OS/c15-14(16,17)13(22)21-7-5-20(6-8-21)12-4-3-10(18-19-12)11-2-1-9-23-11/h1-4,9H,5-8H2. The number of amides is 1. The molecule has 0 bridgehead atoms. The number of hydrogen-bond donors (Lipinski definition) is 0. The monoisotopic (exact) mass is 342 g/mol. The number of thiophene rings is 1. The lowest BCUT2D eigenvalue weighted by molar-refractivity contribution is -0.185. The third kappa shape index (κ3) is 3.44. The third-order valence-electron chi connectivity index (χ3n) is 3.56. The molecule has 1 aliphatic rings. The Labute approximate surface area is 134 Å². The van der Waals surface area contributed by atoms with Crippen molar-refractivity contribution in [3.63, 3.8) is 0 Å². The quantitative estimate of drug-likeness (QED) is 0.841. The maximum atomic E-state index is 12.4. The van der Waals surface area contributed by atoms with Gasteiger partial charge >= 0.3 is 12.1 Å². The minimum Gasteiger partial charge on any atom is -0.352 e. The average Bonchev–Trinajstić information content (AvgIpc) is 3.08. The molecule has 5 nitrogen and oxygen atoms in total. The van der Waals surface area contributed by atoms with Gasteiger partial charge in [-0.2, -0.15) is 13.2 Å². The van der Waals surface area contributed by atoms with E-state index in [1.165, 1.54) is 0 Å². The highest BCUT2D eigenvalue weighted by Gasteiger charge is 2.43. The predicted molar refractivity (Wildman–Crippen MR) is 80.2 cm³/mol. The number of halogens is 3. The summed E-state index contributed by atoms with van der Waals surface area (Å²) in [6.07, 6.45) is -4.82. The summed E-state index contributed by atoms with van der Waals surface area (Å²) in [4.78, 5) is 14.8. The molecule has 0 unspecified atom stereocenters. The summed E-state index contributed by atoms with van der Waals surface area (Å²) in [5, 5.41) is 10.2. The van der Waals surface area contributed by atoms with E-state index in [2.05, 4.69) is 10.2 Å². The summed E-state index contributed by atoms with van der Waals surface area (Å²) in [6.45, 7) is 0.642. The Morgan fingerprint density at radius 1 is 1.09 bits per heavy atom. The number of aromatic nitrogens is 2. The lowest BCUT2D eigenvalue weighted by Gasteiger charge is -2.35. The number of alkyl halides is 3. The Bertz CT molecular complexity index is 664. The zero-order chi connectivity index (χ0) is 16.4. The van der Waals surface area contributed by atoms with Crippen LogP contribution in [0.1, 0.15) is 0 Å². The van der Waals surface area contributed by atoms with Gasteiger partial charge in [-0.25, -0.2) is 0 Å². The van der Waals surface area contributed by atoms with E-state index in [-0.39, 0.29) is 13.1 Å². The molecule has 1 saturated heterocycles. The van der Waals surface area contributed by atoms with Gasteiger partial charge in [-0.15, -0.1) is 21.5 Å². The smallest absolute Gasteiger partial charge is 0.352 e. The Morgan fingerprint density at radius 3 is 2.35 bits per heavy atom. The zero-order valence-electron chi connectivity index (χ0n) is 12.0. The second-order valence-electron chi connectivity index (χ2n) is 5.03. The van der Waals surface area contributed by atoms with Crippen molar-refractivity contribution >= 4 is 23.1 Å². The predicted octanol–water partition coefficient (Wildman–Crippen LogP) is 2.42. The Morgan fingerprint density at radius 2 is 1.83 bits per heavy atom. The van der Waals surface area contributed by atoms with Crippen LogP contribution in [0.5, 0.6) is 0 Å². The van der Waals surface area contributed by atoms with Crippen molar-refractivity contribution in [3.05, 3.63) is 29.6 Å². The van der Waals surface area contributed by atoms with Gasteiger partial charge in [-0.3, -0.25) is 4.79 Å². The molecule has 0 N–H and O–H groups in total. The van der Waals surface area contributed by atoms with Crippen LogP contribution in [0.3, 0.4) is 0 Å². The van der Waals surface area contributed by atoms with Crippen LogP contribution >= 0.6 is 11.3 Å². The molecule has 2 aromatic heterocycles. The Balaban J connectivity index is 1.63. The molecule has 3 rings (SSSR count). The third-order valence-corrected chi connectivity index (χ3v) is 4.45. The van der Waals surface area contributed by atoms with Gasteiger partial charge in [0, 0.05) is 26.2 Å². The molecule has 0 radical (unpaired) electrons. The molecule has 0 spiro atoms. The van der Waals surface area contributed by atoms with Crippen LogP contribution in [0.2, 0.25) is 0 Å². The van der Waals surface area contributed by atoms with Crippen LogP contribution in [0, 0.1) is 0 Å². The molecule has 1 aliphatic heterocycles. The van der Waals surface area contributed by atoms with Crippen molar-refractivity contribution < 1.29 is 18.0 Å². The van der Waals surface area contributed by atoms with E-state index < -0.39 is 12.1 Å². The van der Waals surface area contributed by atoms with Crippen molar-refractivity contribution in [2.75, 3.05) is 31.1 Å². The summed E-state index contributed by atoms with van der Waals surface area (Å²) in [7, 11) is 0. The van der Waals surface area contributed by atoms with Gasteiger partial charge < -0.3 is 9.80 Å². The maximum Gasteiger partial charge on any atom is 0.471 e. The highest BCUT2D eigenvalue weighted by molar-refractivity contribution is 7.13. The minimum atomic E-state index is -4.82. The molecular weight excluding hydrogens is 329 g/mol. The van der Waals surface area contributed by atoms with E-state index in [0.29, 0.717) is 18.9 Å². The van der Waals surface area contributed by atoms with Crippen molar-refractivity contribution in [1.82, 2.24) is 15.1 Å². The van der Waals surface area contributed by atoms with Gasteiger partial charge in [0.05, 0.1) is 4.88 Å². The average molecular weight is 342 g/mol. The minimum absolute atomic E-state index is 0.0205. The zero-order valence-corrected chi connectivity index (χ0v) is 12.8. The Hall–Kier alpha value is -2.16. The molecular formula is C14H13F3N4OS. The summed E-state index contributed by atoms with van der Waals surface area (Å²) in [5.41, 5.74) is 0.759. The Kier molecular flexibility index (Phi) is 4.20. The van der Waals surface area contributed by atoms with Crippen molar-refractivity contribution in [2.24, 2.45) is 0 Å². The first-order valence-corrected chi connectivity index (χ1v) is 7.82. The van der Waals surface area contributed by atoms with E-state index in [1.807, 2.05) is 28.5 Å². The van der Waals surface area contributed by atoms with Gasteiger partial charge in [0.2, 0.25) is 0 Å². The van der Waals surface area contributed by atoms with Gasteiger partial charge in [0.25, 0.3) is 0 Å². The SMILES string of the molecule is O=C(N1CCN(c2ccc(-c3cccs3)nn2)CC1)C(F)(F)F. The van der Waals surface area contributed by atoms with Gasteiger partial charge in [-0.1, -0.05) is 6.07 Å². The van der Waals surface area contributed by atoms with Crippen LogP contribution in [0.15, 0.2) is 29.6 Å². The van der Waals surface area contributed by atoms with Crippen molar-refractivity contribution in [2.45, 2.75) is 6.18 Å². The molecule has 1 fully saturated rings. The molecule has 2 aromatic rings. The van der Waals surface area contributed by atoms with Crippen LogP contribution in [-0.4, -0.2) is 53.4 Å². The van der Waals surface area contributed by atoms with Gasteiger partial charge in [-0.05, 0) is 23.6 Å². The number of carbonyl (C=O) groups is 1. The number of hydrogen-bond acceptors (Lipinski definition) is 5. The van der Waals surface area contributed by atoms with E-state index in [1.54, 1.807) is 17.4 Å². The van der Waals surface area contributed by atoms with Crippen molar-refractivity contribution in [3.8, 4) is 10.6 Å². The topological polar surface area (TPSA) is 49.3 Å². The molecule has 0 saturated carbocycles. The largest absolute Gasteiger partial charge is 0.471 e. The second-order valence-corrected chi connectivity index (χ2v) is 5.98. The molecule has 23 heavy (non-hydrogen) atoms. The lowest BCUT2D eigenvalue weighted by Crippen LogP contribution is -2.52. The molecule has 3 heterocycles. The number of nitrogens with zero attached hydrogens (tertiary/aromatic N) is 4. The van der Waals surface area contributed by atoms with Crippen LogP contribution < -0.4 is 4.90 Å². The number of rotatable bonds is 2. The van der Waals surface area contributed by atoms with E-state index >= 15 is 0 Å². The molecule has 9 heteroatoms. The van der Waals surface area contributed by atoms with Crippen LogP contribution in [-0.2, 0) is 4.79 Å². The second kappa shape index (κ2) is 6.15. The first-order chi connectivity index (χ1) is 10.9. The highest BCUT2D eigenvalue weighted by atomic mass is 32.1. The van der Waals surface area contributed by atoms with Gasteiger partial charge in [0.15, 0.2) is 5.82 Å². The molecule has 1 amide bonds. The van der Waals surface area contributed by atoms with Crippen LogP contribution in [0.4, 0.5) is 19.0 Å². The fourth-order valence-electron chi connectivity index (χ4n) is 2.37. The number of carbonyl (C=O) groups excluding carboxylic acids is 1. The lowest BCUT2D eigenvalue weighted by atomic mass is 10.3. The molecule has 0 atom stereocenters. The normalized spacial score (nSPS) is 15.8. The van der Waals surface area contributed by atoms with Crippen LogP contribution in [0.25, 0.3) is 10.6 Å². The van der Waals surface area contributed by atoms with E-state index in [9.17, 15) is 18.0 Å². The van der Waals surface area contributed by atoms with E-state index in [0.717, 1.165) is 15.5 Å². The number of anilines is 1. The number of piperazine rings is 1. The van der Waals surface area contributed by atoms with Gasteiger partial charge in [0.1, 0.15) is 5.69 Å². The summed E-state index contributed by atoms with van der Waals surface area (Å²) >= 11 is 1.56. The molecule has 122 valence electrons. The molecule has 0 aliphatic carbocycles. The summed E-state index contributed by atoms with van der Waals surface area (Å²) in [5.74, 6) is -1.18.